The Kier molecular flexibility index (Phi) is 2.45. The van der Waals surface area contributed by atoms with Crippen molar-refractivity contribution in [3.8, 4) is 0 Å². The van der Waals surface area contributed by atoms with Crippen LogP contribution in [-0.4, -0.2) is 29.7 Å². The molecule has 3 aromatic heterocycles. The van der Waals surface area contributed by atoms with E-state index < -0.39 is 0 Å². The Bertz CT molecular complexity index is 753. The molecule has 102 valence electrons. The van der Waals surface area contributed by atoms with Gasteiger partial charge in [-0.1, -0.05) is 0 Å². The van der Waals surface area contributed by atoms with Crippen molar-refractivity contribution in [1.29, 1.82) is 0 Å². The number of hydrogen-bond donors (Lipinski definition) is 2. The van der Waals surface area contributed by atoms with Crippen LogP contribution in [0.4, 0.5) is 5.95 Å². The van der Waals surface area contributed by atoms with Gasteiger partial charge in [-0.2, -0.15) is 10.1 Å². The number of aryl methyl sites for hydroxylation is 1. The van der Waals surface area contributed by atoms with E-state index in [4.69, 9.17) is 0 Å². The maximum atomic E-state index is 4.38. The van der Waals surface area contributed by atoms with Crippen LogP contribution in [0.15, 0.2) is 18.6 Å². The highest BCUT2D eigenvalue weighted by molar-refractivity contribution is 5.70. The number of imidazole rings is 1. The summed E-state index contributed by atoms with van der Waals surface area (Å²) in [6, 6.07) is 2.12. The standard InChI is InChI=1S/C13H15N7/c1-20-7-16-12-11(20)6-15-13(17-12)14-5-9-4-10(19-18-9)8-2-3-8/h4,6-8H,2-3,5H2,1H3,(H,18,19)(H,14,15,17). The molecule has 0 aromatic carbocycles. The molecular formula is C13H15N7. The summed E-state index contributed by atoms with van der Waals surface area (Å²) in [6.45, 7) is 0.637. The third-order valence-corrected chi connectivity index (χ3v) is 3.57. The summed E-state index contributed by atoms with van der Waals surface area (Å²) in [5.74, 6) is 1.25. The smallest absolute Gasteiger partial charge is 0.225 e. The van der Waals surface area contributed by atoms with Gasteiger partial charge in [0.15, 0.2) is 5.65 Å². The first-order valence-corrected chi connectivity index (χ1v) is 6.72. The highest BCUT2D eigenvalue weighted by Gasteiger charge is 2.25. The van der Waals surface area contributed by atoms with Crippen molar-refractivity contribution < 1.29 is 0 Å². The minimum atomic E-state index is 0.582. The number of anilines is 1. The summed E-state index contributed by atoms with van der Waals surface area (Å²) in [6.07, 6.45) is 6.04. The Labute approximate surface area is 115 Å². The molecule has 1 saturated carbocycles. The van der Waals surface area contributed by atoms with Gasteiger partial charge in [-0.15, -0.1) is 0 Å². The molecule has 3 aromatic rings. The van der Waals surface area contributed by atoms with Crippen molar-refractivity contribution in [2.24, 2.45) is 7.05 Å². The first kappa shape index (κ1) is 11.4. The highest BCUT2D eigenvalue weighted by Crippen LogP contribution is 2.38. The van der Waals surface area contributed by atoms with Crippen LogP contribution >= 0.6 is 0 Å². The molecule has 0 saturated heterocycles. The summed E-state index contributed by atoms with van der Waals surface area (Å²) in [5.41, 5.74) is 3.85. The Morgan fingerprint density at radius 1 is 1.40 bits per heavy atom. The first-order chi connectivity index (χ1) is 9.79. The molecule has 0 atom stereocenters. The number of rotatable bonds is 4. The topological polar surface area (TPSA) is 84.3 Å². The number of nitrogens with one attached hydrogen (secondary N) is 2. The fraction of sp³-hybridized carbons (Fsp3) is 0.385. The van der Waals surface area contributed by atoms with Crippen LogP contribution in [-0.2, 0) is 13.6 Å². The number of H-pyrrole nitrogens is 1. The molecule has 7 nitrogen and oxygen atoms in total. The molecule has 1 aliphatic rings. The van der Waals surface area contributed by atoms with Crippen LogP contribution in [0.1, 0.15) is 30.1 Å². The fourth-order valence-electron chi connectivity index (χ4n) is 2.23. The van der Waals surface area contributed by atoms with E-state index >= 15 is 0 Å². The molecule has 4 rings (SSSR count). The zero-order valence-corrected chi connectivity index (χ0v) is 11.2. The van der Waals surface area contributed by atoms with Crippen molar-refractivity contribution in [3.63, 3.8) is 0 Å². The van der Waals surface area contributed by atoms with Crippen molar-refractivity contribution in [2.45, 2.75) is 25.3 Å². The van der Waals surface area contributed by atoms with E-state index in [9.17, 15) is 0 Å². The number of hydrogen-bond acceptors (Lipinski definition) is 5. The predicted octanol–water partition coefficient (Wildman–Crippen LogP) is 1.58. The normalized spacial score (nSPS) is 14.8. The summed E-state index contributed by atoms with van der Waals surface area (Å²) < 4.78 is 1.90. The van der Waals surface area contributed by atoms with E-state index in [2.05, 4.69) is 36.5 Å². The molecule has 0 amide bonds. The molecule has 0 aliphatic heterocycles. The maximum Gasteiger partial charge on any atom is 0.225 e. The van der Waals surface area contributed by atoms with Gasteiger partial charge in [0.25, 0.3) is 0 Å². The van der Waals surface area contributed by atoms with Gasteiger partial charge in [0.05, 0.1) is 30.5 Å². The largest absolute Gasteiger partial charge is 0.349 e. The quantitative estimate of drug-likeness (QED) is 0.751. The average Bonchev–Trinajstić information content (AvgIpc) is 3.10. The lowest BCUT2D eigenvalue weighted by Crippen LogP contribution is -2.04. The van der Waals surface area contributed by atoms with E-state index in [1.165, 1.54) is 18.5 Å². The van der Waals surface area contributed by atoms with Gasteiger partial charge in [0, 0.05) is 13.0 Å². The van der Waals surface area contributed by atoms with Crippen molar-refractivity contribution >= 4 is 17.1 Å². The van der Waals surface area contributed by atoms with Crippen LogP contribution < -0.4 is 5.32 Å². The second-order valence-electron chi connectivity index (χ2n) is 5.20. The third-order valence-electron chi connectivity index (χ3n) is 3.57. The Hall–Kier alpha value is -2.44. The van der Waals surface area contributed by atoms with E-state index in [-0.39, 0.29) is 0 Å². The van der Waals surface area contributed by atoms with Crippen molar-refractivity contribution in [3.05, 3.63) is 30.0 Å². The molecule has 3 heterocycles. The average molecular weight is 269 g/mol. The molecule has 0 bridgehead atoms. The van der Waals surface area contributed by atoms with Crippen LogP contribution in [0.2, 0.25) is 0 Å². The molecule has 7 heteroatoms. The molecular weight excluding hydrogens is 254 g/mol. The van der Waals surface area contributed by atoms with Gasteiger partial charge in [-0.05, 0) is 18.9 Å². The van der Waals surface area contributed by atoms with Crippen LogP contribution in [0.25, 0.3) is 11.2 Å². The third kappa shape index (κ3) is 2.01. The number of aromatic amines is 1. The van der Waals surface area contributed by atoms with Gasteiger partial charge >= 0.3 is 0 Å². The zero-order chi connectivity index (χ0) is 13.5. The van der Waals surface area contributed by atoms with Gasteiger partial charge < -0.3 is 9.88 Å². The van der Waals surface area contributed by atoms with Crippen LogP contribution in [0.5, 0.6) is 0 Å². The van der Waals surface area contributed by atoms with Gasteiger partial charge in [0.1, 0.15) is 5.52 Å². The second-order valence-corrected chi connectivity index (χ2v) is 5.20. The van der Waals surface area contributed by atoms with Crippen LogP contribution in [0, 0.1) is 0 Å². The Morgan fingerprint density at radius 2 is 2.30 bits per heavy atom. The van der Waals surface area contributed by atoms with Gasteiger partial charge in [0.2, 0.25) is 5.95 Å². The lowest BCUT2D eigenvalue weighted by molar-refractivity contribution is 0.927. The maximum absolute atomic E-state index is 4.38. The summed E-state index contributed by atoms with van der Waals surface area (Å²) in [4.78, 5) is 12.9. The van der Waals surface area contributed by atoms with E-state index in [0.717, 1.165) is 11.2 Å². The minimum absolute atomic E-state index is 0.582. The lowest BCUT2D eigenvalue weighted by atomic mass is 10.3. The molecule has 20 heavy (non-hydrogen) atoms. The summed E-state index contributed by atoms with van der Waals surface area (Å²) in [5, 5.41) is 10.6. The predicted molar refractivity (Wildman–Crippen MR) is 74.2 cm³/mol. The van der Waals surface area contributed by atoms with Crippen molar-refractivity contribution in [1.82, 2.24) is 29.7 Å². The summed E-state index contributed by atoms with van der Waals surface area (Å²) in [7, 11) is 1.93. The van der Waals surface area contributed by atoms with Crippen molar-refractivity contribution in [2.75, 3.05) is 5.32 Å². The fourth-order valence-corrected chi connectivity index (χ4v) is 2.23. The monoisotopic (exact) mass is 269 g/mol. The van der Waals surface area contributed by atoms with E-state index in [1.807, 2.05) is 11.6 Å². The van der Waals surface area contributed by atoms with Gasteiger partial charge in [-0.3, -0.25) is 5.10 Å². The van der Waals surface area contributed by atoms with E-state index in [1.54, 1.807) is 12.5 Å². The molecule has 1 aliphatic carbocycles. The Balaban J connectivity index is 1.48. The second kappa shape index (κ2) is 4.29. The lowest BCUT2D eigenvalue weighted by Gasteiger charge is -2.02. The molecule has 0 radical (unpaired) electrons. The SMILES string of the molecule is Cn1cnc2nc(NCc3cc(C4CC4)n[nH]3)ncc21. The van der Waals surface area contributed by atoms with Crippen LogP contribution in [0.3, 0.4) is 0 Å². The molecule has 1 fully saturated rings. The summed E-state index contributed by atoms with van der Waals surface area (Å²) >= 11 is 0. The van der Waals surface area contributed by atoms with Gasteiger partial charge in [-0.25, -0.2) is 9.97 Å². The number of nitrogens with zero attached hydrogens (tertiary/aromatic N) is 5. The molecule has 0 unspecified atom stereocenters. The first-order valence-electron chi connectivity index (χ1n) is 6.72. The minimum Gasteiger partial charge on any atom is -0.349 e. The Morgan fingerprint density at radius 3 is 3.15 bits per heavy atom. The number of aromatic nitrogens is 6. The molecule has 0 spiro atoms. The highest BCUT2D eigenvalue weighted by atomic mass is 15.2. The van der Waals surface area contributed by atoms with E-state index in [0.29, 0.717) is 24.1 Å². The number of fused-ring (bicyclic) bond motifs is 1. The zero-order valence-electron chi connectivity index (χ0n) is 11.2. The molecule has 2 N–H and O–H groups in total.